The second-order valence-electron chi connectivity index (χ2n) is 4.77. The Labute approximate surface area is 105 Å². The number of fused-ring (bicyclic) bond motifs is 1. The minimum absolute atomic E-state index is 0.180. The van der Waals surface area contributed by atoms with Gasteiger partial charge in [-0.2, -0.15) is 0 Å². The van der Waals surface area contributed by atoms with Crippen molar-refractivity contribution in [2.24, 2.45) is 5.73 Å². The summed E-state index contributed by atoms with van der Waals surface area (Å²) in [6.07, 6.45) is 4.01. The number of benzene rings is 1. The molecule has 3 nitrogen and oxygen atoms in total. The van der Waals surface area contributed by atoms with Crippen molar-refractivity contribution in [2.75, 3.05) is 0 Å². The zero-order valence-corrected chi connectivity index (χ0v) is 10.1. The van der Waals surface area contributed by atoms with Crippen LogP contribution in [0.4, 0.5) is 4.39 Å². The highest BCUT2D eigenvalue weighted by molar-refractivity contribution is 5.23. The molecule has 0 aliphatic carbocycles. The maximum atomic E-state index is 12.9. The van der Waals surface area contributed by atoms with E-state index in [1.54, 1.807) is 0 Å². The summed E-state index contributed by atoms with van der Waals surface area (Å²) >= 11 is 0. The van der Waals surface area contributed by atoms with Gasteiger partial charge < -0.3 is 10.3 Å². The molecule has 0 spiro atoms. The van der Waals surface area contributed by atoms with E-state index in [4.69, 9.17) is 5.73 Å². The van der Waals surface area contributed by atoms with Gasteiger partial charge in [0.15, 0.2) is 0 Å². The fourth-order valence-corrected chi connectivity index (χ4v) is 2.68. The molecule has 1 atom stereocenters. The molecule has 0 saturated carbocycles. The van der Waals surface area contributed by atoms with Gasteiger partial charge in [-0.15, -0.1) is 0 Å². The van der Waals surface area contributed by atoms with Crippen molar-refractivity contribution in [3.05, 3.63) is 53.4 Å². The van der Waals surface area contributed by atoms with Gasteiger partial charge in [0.05, 0.1) is 6.54 Å². The van der Waals surface area contributed by atoms with Crippen molar-refractivity contribution < 1.29 is 4.39 Å². The minimum Gasteiger partial charge on any atom is -0.330 e. The maximum Gasteiger partial charge on any atom is 0.123 e. The summed E-state index contributed by atoms with van der Waals surface area (Å²) < 4.78 is 15.1. The summed E-state index contributed by atoms with van der Waals surface area (Å²) in [5, 5.41) is 0. The van der Waals surface area contributed by atoms with Gasteiger partial charge in [0.2, 0.25) is 0 Å². The highest BCUT2D eigenvalue weighted by atomic mass is 19.1. The topological polar surface area (TPSA) is 43.8 Å². The minimum atomic E-state index is -0.180. The molecule has 0 saturated heterocycles. The molecule has 0 amide bonds. The summed E-state index contributed by atoms with van der Waals surface area (Å²) in [6.45, 7) is 1.36. The van der Waals surface area contributed by atoms with Crippen LogP contribution in [0, 0.1) is 5.82 Å². The lowest BCUT2D eigenvalue weighted by Gasteiger charge is -2.25. The molecule has 2 N–H and O–H groups in total. The molecular weight excluding hydrogens is 229 g/mol. The molecule has 1 unspecified atom stereocenters. The first-order valence-electron chi connectivity index (χ1n) is 6.26. The summed E-state index contributed by atoms with van der Waals surface area (Å²) in [4.78, 5) is 4.34. The molecule has 3 rings (SSSR count). The number of nitrogens with zero attached hydrogens (tertiary/aromatic N) is 2. The molecular formula is C14H16FN3. The summed E-state index contributed by atoms with van der Waals surface area (Å²) in [7, 11) is 0. The average Bonchev–Trinajstić information content (AvgIpc) is 2.81. The Morgan fingerprint density at radius 3 is 2.83 bits per heavy atom. The number of aryl methyl sites for hydroxylation is 1. The van der Waals surface area contributed by atoms with Crippen LogP contribution >= 0.6 is 0 Å². The van der Waals surface area contributed by atoms with E-state index in [2.05, 4.69) is 9.55 Å². The van der Waals surface area contributed by atoms with Crippen LogP contribution in [0.3, 0.4) is 0 Å². The third-order valence-electron chi connectivity index (χ3n) is 3.70. The normalized spacial score (nSPS) is 18.7. The second kappa shape index (κ2) is 4.53. The second-order valence-corrected chi connectivity index (χ2v) is 4.77. The van der Waals surface area contributed by atoms with Crippen molar-refractivity contribution in [2.45, 2.75) is 31.8 Å². The SMILES string of the molecule is NCc1ncc2n1CC(c1ccc(F)cc1)CC2. The Hall–Kier alpha value is -1.68. The first kappa shape index (κ1) is 11.4. The van der Waals surface area contributed by atoms with E-state index < -0.39 is 0 Å². The Morgan fingerprint density at radius 1 is 1.33 bits per heavy atom. The predicted molar refractivity (Wildman–Crippen MR) is 67.6 cm³/mol. The molecule has 0 bridgehead atoms. The number of imidazole rings is 1. The number of nitrogens with two attached hydrogens (primary N) is 1. The number of rotatable bonds is 2. The monoisotopic (exact) mass is 245 g/mol. The third-order valence-corrected chi connectivity index (χ3v) is 3.70. The van der Waals surface area contributed by atoms with Crippen LogP contribution in [-0.4, -0.2) is 9.55 Å². The largest absolute Gasteiger partial charge is 0.330 e. The molecule has 94 valence electrons. The lowest BCUT2D eigenvalue weighted by atomic mass is 9.91. The van der Waals surface area contributed by atoms with Crippen LogP contribution in [0.5, 0.6) is 0 Å². The van der Waals surface area contributed by atoms with Crippen molar-refractivity contribution in [1.29, 1.82) is 0 Å². The van der Waals surface area contributed by atoms with Gasteiger partial charge >= 0.3 is 0 Å². The number of hydrogen-bond donors (Lipinski definition) is 1. The first-order chi connectivity index (χ1) is 8.78. The molecule has 0 radical (unpaired) electrons. The van der Waals surface area contributed by atoms with Crippen LogP contribution in [-0.2, 0) is 19.5 Å². The molecule has 1 aromatic heterocycles. The first-order valence-corrected chi connectivity index (χ1v) is 6.26. The predicted octanol–water partition coefficient (Wildman–Crippen LogP) is 2.21. The van der Waals surface area contributed by atoms with E-state index in [0.29, 0.717) is 12.5 Å². The zero-order valence-electron chi connectivity index (χ0n) is 10.1. The average molecular weight is 245 g/mol. The van der Waals surface area contributed by atoms with E-state index in [-0.39, 0.29) is 5.82 Å². The Bertz CT molecular complexity index is 531. The van der Waals surface area contributed by atoms with Gasteiger partial charge in [-0.3, -0.25) is 0 Å². The van der Waals surface area contributed by atoms with Crippen LogP contribution in [0.2, 0.25) is 0 Å². The number of aromatic nitrogens is 2. The van der Waals surface area contributed by atoms with E-state index in [9.17, 15) is 4.39 Å². The van der Waals surface area contributed by atoms with Crippen LogP contribution < -0.4 is 5.73 Å². The number of halogens is 1. The maximum absolute atomic E-state index is 12.9. The van der Waals surface area contributed by atoms with Crippen molar-refractivity contribution in [1.82, 2.24) is 9.55 Å². The van der Waals surface area contributed by atoms with Gasteiger partial charge in [-0.05, 0) is 30.5 Å². The molecule has 1 aromatic carbocycles. The number of hydrogen-bond acceptors (Lipinski definition) is 2. The molecule has 2 aromatic rings. The van der Waals surface area contributed by atoms with Crippen molar-refractivity contribution in [3.8, 4) is 0 Å². The van der Waals surface area contributed by atoms with Crippen LogP contribution in [0.25, 0.3) is 0 Å². The fourth-order valence-electron chi connectivity index (χ4n) is 2.68. The zero-order chi connectivity index (χ0) is 12.5. The molecule has 1 aliphatic heterocycles. The lowest BCUT2D eigenvalue weighted by Crippen LogP contribution is -2.21. The molecule has 0 fully saturated rings. The third kappa shape index (κ3) is 1.93. The molecule has 4 heteroatoms. The summed E-state index contributed by atoms with van der Waals surface area (Å²) in [5.74, 6) is 1.19. The smallest absolute Gasteiger partial charge is 0.123 e. The van der Waals surface area contributed by atoms with E-state index >= 15 is 0 Å². The lowest BCUT2D eigenvalue weighted by molar-refractivity contribution is 0.451. The molecule has 2 heterocycles. The highest BCUT2D eigenvalue weighted by Crippen LogP contribution is 2.29. The van der Waals surface area contributed by atoms with Gasteiger partial charge in [0.25, 0.3) is 0 Å². The molecule has 1 aliphatic rings. The Morgan fingerprint density at radius 2 is 2.11 bits per heavy atom. The van der Waals surface area contributed by atoms with E-state index in [0.717, 1.165) is 25.2 Å². The molecule has 18 heavy (non-hydrogen) atoms. The Kier molecular flexibility index (Phi) is 2.88. The van der Waals surface area contributed by atoms with Gasteiger partial charge in [-0.25, -0.2) is 9.37 Å². The highest BCUT2D eigenvalue weighted by Gasteiger charge is 2.22. The van der Waals surface area contributed by atoms with Crippen LogP contribution in [0.1, 0.15) is 29.4 Å². The summed E-state index contributed by atoms with van der Waals surface area (Å²) in [5.41, 5.74) is 8.14. The fraction of sp³-hybridized carbons (Fsp3) is 0.357. The van der Waals surface area contributed by atoms with Gasteiger partial charge in [-0.1, -0.05) is 12.1 Å². The van der Waals surface area contributed by atoms with Crippen LogP contribution in [0.15, 0.2) is 30.5 Å². The van der Waals surface area contributed by atoms with Gasteiger partial charge in [0.1, 0.15) is 11.6 Å². The van der Waals surface area contributed by atoms with Crippen molar-refractivity contribution >= 4 is 0 Å². The van der Waals surface area contributed by atoms with Crippen molar-refractivity contribution in [3.63, 3.8) is 0 Å². The quantitative estimate of drug-likeness (QED) is 0.881. The van der Waals surface area contributed by atoms with Gasteiger partial charge in [0, 0.05) is 24.4 Å². The van der Waals surface area contributed by atoms with E-state index in [1.165, 1.54) is 23.4 Å². The summed E-state index contributed by atoms with van der Waals surface area (Å²) in [6, 6.07) is 6.82. The van der Waals surface area contributed by atoms with E-state index in [1.807, 2.05) is 18.3 Å². The Balaban J connectivity index is 1.87. The standard InChI is InChI=1S/C14H16FN3/c15-12-4-1-10(2-5-12)11-3-6-13-8-17-14(7-16)18(13)9-11/h1-2,4-5,8,11H,3,6-7,9,16H2.